The summed E-state index contributed by atoms with van der Waals surface area (Å²) in [6.45, 7) is 0. The number of rotatable bonds is 4. The third-order valence-electron chi connectivity index (χ3n) is 4.68. The lowest BCUT2D eigenvalue weighted by Crippen LogP contribution is -2.23. The van der Waals surface area contributed by atoms with Gasteiger partial charge >= 0.3 is 0 Å². The summed E-state index contributed by atoms with van der Waals surface area (Å²) in [6, 6.07) is 20.9. The normalized spacial score (nSPS) is 10.8. The highest BCUT2D eigenvalue weighted by atomic mass is 16.5. The van der Waals surface area contributed by atoms with Crippen molar-refractivity contribution < 1.29 is 13.9 Å². The zero-order chi connectivity index (χ0) is 19.7. The van der Waals surface area contributed by atoms with Crippen molar-refractivity contribution in [1.29, 1.82) is 0 Å². The van der Waals surface area contributed by atoms with Gasteiger partial charge in [0.2, 0.25) is 0 Å². The fourth-order valence-corrected chi connectivity index (χ4v) is 3.25. The Labute approximate surface area is 161 Å². The highest BCUT2D eigenvalue weighted by Gasteiger charge is 2.25. The molecule has 0 saturated heterocycles. The highest BCUT2D eigenvalue weighted by molar-refractivity contribution is 5.84. The molecule has 0 saturated carbocycles. The molecule has 1 heterocycles. The molecule has 0 N–H and O–H groups in total. The first-order valence-electron chi connectivity index (χ1n) is 8.70. The van der Waals surface area contributed by atoms with Crippen LogP contribution in [0.2, 0.25) is 0 Å². The van der Waals surface area contributed by atoms with Gasteiger partial charge in [-0.25, -0.2) is 0 Å². The standard InChI is InChI=1S/C22H18N2O4/c1-27-17-11-7-15(8-12-17)21-22(16-9-13-18(28-2)14-10-16)24(26)20-6-4-3-5-19(20)23(21)25/h3-14H,1-2H3. The van der Waals surface area contributed by atoms with Crippen molar-refractivity contribution in [3.8, 4) is 34.0 Å². The second kappa shape index (κ2) is 7.08. The van der Waals surface area contributed by atoms with E-state index >= 15 is 0 Å². The first-order valence-corrected chi connectivity index (χ1v) is 8.70. The van der Waals surface area contributed by atoms with Gasteiger partial charge in [-0.3, -0.25) is 0 Å². The maximum Gasteiger partial charge on any atom is 0.294 e. The fourth-order valence-electron chi connectivity index (χ4n) is 3.25. The van der Waals surface area contributed by atoms with Crippen molar-refractivity contribution in [1.82, 2.24) is 4.73 Å². The summed E-state index contributed by atoms with van der Waals surface area (Å²) in [5, 5.41) is 13.3. The van der Waals surface area contributed by atoms with E-state index in [9.17, 15) is 10.1 Å². The smallest absolute Gasteiger partial charge is 0.294 e. The van der Waals surface area contributed by atoms with Crippen molar-refractivity contribution in [2.45, 2.75) is 0 Å². The summed E-state index contributed by atoms with van der Waals surface area (Å²) < 4.78 is 12.0. The van der Waals surface area contributed by atoms with Crippen LogP contribution in [-0.4, -0.2) is 19.0 Å². The largest absolute Gasteiger partial charge is 0.805 e. The quantitative estimate of drug-likeness (QED) is 0.501. The van der Waals surface area contributed by atoms with E-state index in [0.29, 0.717) is 33.7 Å². The number of ether oxygens (including phenoxy) is 2. The average Bonchev–Trinajstić information content (AvgIpc) is 2.76. The molecule has 0 spiro atoms. The molecule has 6 heteroatoms. The van der Waals surface area contributed by atoms with Gasteiger partial charge in [-0.1, -0.05) is 12.1 Å². The van der Waals surface area contributed by atoms with Crippen molar-refractivity contribution in [2.75, 3.05) is 14.2 Å². The zero-order valence-corrected chi connectivity index (χ0v) is 15.5. The second-order valence-corrected chi connectivity index (χ2v) is 6.23. The maximum absolute atomic E-state index is 13.3. The van der Waals surface area contributed by atoms with Gasteiger partial charge in [-0.15, -0.1) is 0 Å². The van der Waals surface area contributed by atoms with Gasteiger partial charge in [-0.2, -0.15) is 0 Å². The van der Waals surface area contributed by atoms with Gasteiger partial charge in [0, 0.05) is 16.5 Å². The van der Waals surface area contributed by atoms with Crippen LogP contribution in [0.4, 0.5) is 0 Å². The molecule has 0 aliphatic carbocycles. The van der Waals surface area contributed by atoms with Crippen molar-refractivity contribution >= 4 is 11.0 Å². The second-order valence-electron chi connectivity index (χ2n) is 6.23. The van der Waals surface area contributed by atoms with Crippen LogP contribution in [0.5, 0.6) is 11.5 Å². The summed E-state index contributed by atoms with van der Waals surface area (Å²) in [6.07, 6.45) is 0. The molecule has 1 aromatic heterocycles. The minimum atomic E-state index is 0.279. The summed E-state index contributed by atoms with van der Waals surface area (Å²) in [7, 11) is 3.15. The Morgan fingerprint density at radius 3 is 1.89 bits per heavy atom. The van der Waals surface area contributed by atoms with Crippen LogP contribution < -0.4 is 13.9 Å². The maximum atomic E-state index is 13.3. The lowest BCUT2D eigenvalue weighted by Gasteiger charge is -2.19. The molecule has 4 rings (SSSR count). The van der Waals surface area contributed by atoms with E-state index < -0.39 is 0 Å². The molecule has 6 nitrogen and oxygen atoms in total. The van der Waals surface area contributed by atoms with E-state index in [-0.39, 0.29) is 11.4 Å². The molecular weight excluding hydrogens is 356 g/mol. The van der Waals surface area contributed by atoms with Gasteiger partial charge in [0.05, 0.1) is 24.2 Å². The molecule has 0 amide bonds. The van der Waals surface area contributed by atoms with Crippen LogP contribution >= 0.6 is 0 Å². The summed E-state index contributed by atoms with van der Waals surface area (Å²) in [5.74, 6) is 1.34. The van der Waals surface area contributed by atoms with Gasteiger partial charge in [0.15, 0.2) is 0 Å². The minimum Gasteiger partial charge on any atom is -0.805 e. The number of nitrogens with zero attached hydrogens (tertiary/aromatic N) is 2. The SMILES string of the molecule is COc1ccc(-c2c(-c3ccc(OC)cc3)[n+](=O)c3ccccc3n2[O-])cc1. The predicted octanol–water partition coefficient (Wildman–Crippen LogP) is 4.25. The monoisotopic (exact) mass is 374 g/mol. The van der Waals surface area contributed by atoms with Crippen LogP contribution in [0.3, 0.4) is 0 Å². The van der Waals surface area contributed by atoms with E-state index in [1.807, 2.05) is 0 Å². The van der Waals surface area contributed by atoms with Crippen LogP contribution in [0.25, 0.3) is 33.5 Å². The molecule has 0 bridgehead atoms. The Bertz CT molecular complexity index is 1200. The average molecular weight is 374 g/mol. The summed E-state index contributed by atoms with van der Waals surface area (Å²) >= 11 is 0. The van der Waals surface area contributed by atoms with Gasteiger partial charge < -0.3 is 19.4 Å². The molecule has 0 radical (unpaired) electrons. The summed E-state index contributed by atoms with van der Waals surface area (Å²) in [4.78, 5) is 13.3. The van der Waals surface area contributed by atoms with Crippen LogP contribution in [0.15, 0.2) is 72.8 Å². The Balaban J connectivity index is 2.07. The lowest BCUT2D eigenvalue weighted by atomic mass is 10.0. The van der Waals surface area contributed by atoms with E-state index in [1.165, 1.54) is 0 Å². The van der Waals surface area contributed by atoms with Gasteiger partial charge in [0.1, 0.15) is 22.7 Å². The third-order valence-corrected chi connectivity index (χ3v) is 4.68. The zero-order valence-electron chi connectivity index (χ0n) is 15.5. The number of aromatic nitrogens is 2. The molecule has 3 aromatic carbocycles. The molecular formula is C22H18N2O4. The third kappa shape index (κ3) is 2.85. The van der Waals surface area contributed by atoms with Crippen LogP contribution in [0, 0.1) is 10.1 Å². The fraction of sp³-hybridized carbons (Fsp3) is 0.0909. The van der Waals surface area contributed by atoms with E-state index in [4.69, 9.17) is 9.47 Å². The predicted molar refractivity (Wildman–Crippen MR) is 108 cm³/mol. The molecule has 0 atom stereocenters. The molecule has 0 unspecified atom stereocenters. The first-order chi connectivity index (χ1) is 13.6. The Hall–Kier alpha value is -3.80. The van der Waals surface area contributed by atoms with Crippen molar-refractivity contribution in [3.63, 3.8) is 0 Å². The van der Waals surface area contributed by atoms with Crippen LogP contribution in [0.1, 0.15) is 0 Å². The molecule has 28 heavy (non-hydrogen) atoms. The number of benzene rings is 3. The first kappa shape index (κ1) is 17.6. The highest BCUT2D eigenvalue weighted by Crippen LogP contribution is 2.33. The lowest BCUT2D eigenvalue weighted by molar-refractivity contribution is -0.451. The van der Waals surface area contributed by atoms with E-state index in [0.717, 1.165) is 9.16 Å². The molecule has 0 aliphatic rings. The number of fused-ring (bicyclic) bond motifs is 1. The van der Waals surface area contributed by atoms with Crippen molar-refractivity contribution in [2.24, 2.45) is 0 Å². The minimum absolute atomic E-state index is 0.279. The molecule has 140 valence electrons. The number of para-hydroxylation sites is 2. The van der Waals surface area contributed by atoms with Gasteiger partial charge in [-0.05, 0) is 54.6 Å². The topological polar surface area (TPSA) is 69.4 Å². The number of hydrogen-bond acceptors (Lipinski definition) is 4. The van der Waals surface area contributed by atoms with E-state index in [1.54, 1.807) is 87.0 Å². The van der Waals surface area contributed by atoms with Gasteiger partial charge in [0.25, 0.3) is 11.2 Å². The molecule has 0 fully saturated rings. The Kier molecular flexibility index (Phi) is 4.45. The molecule has 4 aromatic rings. The summed E-state index contributed by atoms with van der Waals surface area (Å²) in [5.41, 5.74) is 2.41. The Morgan fingerprint density at radius 1 is 0.786 bits per heavy atom. The van der Waals surface area contributed by atoms with E-state index in [2.05, 4.69) is 0 Å². The molecule has 0 aliphatic heterocycles. The number of hydrogen-bond donors (Lipinski definition) is 0. The van der Waals surface area contributed by atoms with Crippen molar-refractivity contribution in [3.05, 3.63) is 82.9 Å². The van der Waals surface area contributed by atoms with Crippen LogP contribution in [-0.2, 0) is 0 Å². The number of methoxy groups -OCH3 is 2. The Morgan fingerprint density at radius 2 is 1.32 bits per heavy atom.